The van der Waals surface area contributed by atoms with Crippen LogP contribution < -0.4 is 5.38 Å². The molecule has 3 aromatic heterocycles. The van der Waals surface area contributed by atoms with Gasteiger partial charge in [0.05, 0.1) is 15.8 Å². The number of hydrogen-bond acceptors (Lipinski definition) is 5. The molecule has 0 aliphatic heterocycles. The molecule has 249 valence electrons. The summed E-state index contributed by atoms with van der Waals surface area (Å²) in [7, 11) is -1.49. The molecular weight excluding hydrogens is 783 g/mol. The molecule has 5 rings (SSSR count). The number of pyridine rings is 1. The fourth-order valence-electron chi connectivity index (χ4n) is 5.80. The van der Waals surface area contributed by atoms with Crippen LogP contribution in [0, 0.1) is 17.9 Å². The Hall–Kier alpha value is -2.57. The maximum absolute atomic E-state index is 11.7. The van der Waals surface area contributed by atoms with Crippen molar-refractivity contribution in [3.05, 3.63) is 72.1 Å². The zero-order valence-corrected chi connectivity index (χ0v) is 33.3. The summed E-state index contributed by atoms with van der Waals surface area (Å²) < 4.78 is 8.76. The van der Waals surface area contributed by atoms with E-state index in [4.69, 9.17) is 9.40 Å². The van der Waals surface area contributed by atoms with Crippen LogP contribution in [0.2, 0.25) is 19.6 Å². The molecule has 1 radical (unpaired) electrons. The average molecular weight is 833 g/mol. The van der Waals surface area contributed by atoms with Gasteiger partial charge in [-0.3, -0.25) is 9.78 Å². The van der Waals surface area contributed by atoms with Gasteiger partial charge in [0.2, 0.25) is 0 Å². The second kappa shape index (κ2) is 15.6. The number of allylic oxidation sites excluding steroid dienone is 2. The molecule has 0 spiro atoms. The average Bonchev–Trinajstić information content (AvgIpc) is 3.57. The molecule has 5 aromatic rings. The fourth-order valence-corrected chi connectivity index (χ4v) is 8.05. The number of furan rings is 1. The molecule has 46 heavy (non-hydrogen) atoms. The van der Waals surface area contributed by atoms with E-state index in [9.17, 15) is 9.90 Å². The standard InChI is InChI=1S/C26H26NOSSi.C13H24O2.Ir/c1-26(2,3)20-14-17(13-16-9-7-8-10-18(16)20)23-25-19(11-12-27-23)24-21(29-25)15-22(28-24)30(4,5)6;1-5-10(6-2)12(14)9-13(15)11(7-3)8-4;/h7-12,14-15H,1-6H3;9-11,14H,5-8H2,1-4H3;/q-1;;/b;12-9-;. The van der Waals surface area contributed by atoms with Crippen molar-refractivity contribution in [3.63, 3.8) is 0 Å². The molecular formula is C39H50IrNO3SSi-. The monoisotopic (exact) mass is 833 g/mol. The van der Waals surface area contributed by atoms with Crippen LogP contribution in [0.15, 0.2) is 64.9 Å². The van der Waals surface area contributed by atoms with Crippen LogP contribution in [0.4, 0.5) is 0 Å². The Morgan fingerprint density at radius 3 is 2.20 bits per heavy atom. The number of benzene rings is 2. The first-order valence-electron chi connectivity index (χ1n) is 16.4. The number of thiophene rings is 1. The zero-order valence-electron chi connectivity index (χ0n) is 29.1. The van der Waals surface area contributed by atoms with Crippen molar-refractivity contribution >= 4 is 61.7 Å². The van der Waals surface area contributed by atoms with E-state index >= 15 is 0 Å². The number of rotatable bonds is 9. The van der Waals surface area contributed by atoms with Crippen molar-refractivity contribution in [2.75, 3.05) is 0 Å². The second-order valence-electron chi connectivity index (χ2n) is 14.1. The van der Waals surface area contributed by atoms with Gasteiger partial charge in [0.1, 0.15) is 8.07 Å². The Morgan fingerprint density at radius 2 is 1.61 bits per heavy atom. The van der Waals surface area contributed by atoms with Crippen LogP contribution in [-0.4, -0.2) is 23.9 Å². The Bertz CT molecular complexity index is 1810. The van der Waals surface area contributed by atoms with Crippen LogP contribution in [0.1, 0.15) is 79.7 Å². The molecule has 0 aliphatic rings. The van der Waals surface area contributed by atoms with E-state index in [1.165, 1.54) is 26.4 Å². The van der Waals surface area contributed by atoms with Gasteiger partial charge in [-0.25, -0.2) is 0 Å². The summed E-state index contributed by atoms with van der Waals surface area (Å²) in [6.07, 6.45) is 6.81. The van der Waals surface area contributed by atoms with E-state index in [1.54, 1.807) is 11.3 Å². The maximum Gasteiger partial charge on any atom is 0.162 e. The van der Waals surface area contributed by atoms with E-state index < -0.39 is 8.07 Å². The summed E-state index contributed by atoms with van der Waals surface area (Å²) >= 11 is 1.78. The Labute approximate surface area is 294 Å². The number of carbonyl (C=O) groups excluding carboxylic acids is 1. The van der Waals surface area contributed by atoms with Gasteiger partial charge in [0.15, 0.2) is 11.4 Å². The summed E-state index contributed by atoms with van der Waals surface area (Å²) in [6.45, 7) is 21.8. The predicted octanol–water partition coefficient (Wildman–Crippen LogP) is 11.4. The summed E-state index contributed by atoms with van der Waals surface area (Å²) in [4.78, 5) is 16.5. The summed E-state index contributed by atoms with van der Waals surface area (Å²) in [5.74, 6) is 0.547. The summed E-state index contributed by atoms with van der Waals surface area (Å²) in [6, 6.07) is 18.8. The number of aromatic nitrogens is 1. The molecule has 0 saturated heterocycles. The summed E-state index contributed by atoms with van der Waals surface area (Å²) in [5.41, 5.74) is 4.42. The first-order valence-corrected chi connectivity index (χ1v) is 20.8. The van der Waals surface area contributed by atoms with Gasteiger partial charge in [-0.15, -0.1) is 40.5 Å². The largest absolute Gasteiger partial charge is 0.512 e. The van der Waals surface area contributed by atoms with Crippen LogP contribution >= 0.6 is 11.3 Å². The van der Waals surface area contributed by atoms with Crippen molar-refractivity contribution in [2.45, 2.75) is 99.2 Å². The number of hydrogen-bond donors (Lipinski definition) is 1. The molecule has 0 aliphatic carbocycles. The van der Waals surface area contributed by atoms with Crippen molar-refractivity contribution in [1.82, 2.24) is 4.98 Å². The second-order valence-corrected chi connectivity index (χ2v) is 20.1. The van der Waals surface area contributed by atoms with Crippen LogP contribution in [0.3, 0.4) is 0 Å². The van der Waals surface area contributed by atoms with Gasteiger partial charge >= 0.3 is 0 Å². The number of aliphatic hydroxyl groups is 1. The molecule has 0 amide bonds. The predicted molar refractivity (Wildman–Crippen MR) is 197 cm³/mol. The minimum Gasteiger partial charge on any atom is -0.512 e. The van der Waals surface area contributed by atoms with Crippen molar-refractivity contribution < 1.29 is 34.4 Å². The SMILES string of the molecule is CC(C)(C)c1cc(-c2nccc3c2sc2cc([Si](C)(C)C)oc23)[c-]c2ccccc12.CCC(CC)C(=O)/C=C(\O)C(CC)CC.[Ir]. The van der Waals surface area contributed by atoms with Crippen molar-refractivity contribution in [1.29, 1.82) is 0 Å². The quantitative estimate of drug-likeness (QED) is 0.0695. The minimum atomic E-state index is -1.49. The molecule has 1 N–H and O–H groups in total. The third-order valence-electron chi connectivity index (χ3n) is 8.72. The molecule has 0 unspecified atom stereocenters. The van der Waals surface area contributed by atoms with Gasteiger partial charge < -0.3 is 9.52 Å². The molecule has 0 fully saturated rings. The third kappa shape index (κ3) is 8.28. The van der Waals surface area contributed by atoms with Crippen LogP contribution in [0.5, 0.6) is 0 Å². The number of ketones is 1. The Kier molecular flexibility index (Phi) is 12.8. The molecule has 0 saturated carbocycles. The number of carbonyl (C=O) groups is 1. The third-order valence-corrected chi connectivity index (χ3v) is 11.6. The minimum absolute atomic E-state index is 0. The van der Waals surface area contributed by atoms with Gasteiger partial charge in [0, 0.05) is 60.0 Å². The van der Waals surface area contributed by atoms with Gasteiger partial charge in [-0.2, -0.15) is 0 Å². The number of nitrogens with zero attached hydrogens (tertiary/aromatic N) is 1. The molecule has 0 atom stereocenters. The fraction of sp³-hybridized carbons (Fsp3) is 0.436. The van der Waals surface area contributed by atoms with Crippen molar-refractivity contribution in [2.24, 2.45) is 11.8 Å². The molecule has 7 heteroatoms. The number of fused-ring (bicyclic) bond motifs is 4. The first-order chi connectivity index (χ1) is 21.2. The molecule has 4 nitrogen and oxygen atoms in total. The van der Waals surface area contributed by atoms with Gasteiger partial charge in [-0.05, 0) is 43.2 Å². The van der Waals surface area contributed by atoms with Crippen LogP contribution in [-0.2, 0) is 30.3 Å². The Balaban J connectivity index is 0.000000309. The maximum atomic E-state index is 11.7. The first kappa shape index (κ1) is 37.9. The topological polar surface area (TPSA) is 63.3 Å². The van der Waals surface area contributed by atoms with Gasteiger partial charge in [0.25, 0.3) is 0 Å². The Morgan fingerprint density at radius 1 is 0.978 bits per heavy atom. The molecule has 3 heterocycles. The molecule has 0 bridgehead atoms. The van der Waals surface area contributed by atoms with E-state index in [1.807, 2.05) is 33.9 Å². The zero-order chi connectivity index (χ0) is 33.1. The van der Waals surface area contributed by atoms with Crippen molar-refractivity contribution in [3.8, 4) is 11.3 Å². The van der Waals surface area contributed by atoms with E-state index in [2.05, 4.69) is 88.9 Å². The van der Waals surface area contributed by atoms with E-state index in [-0.39, 0.29) is 48.9 Å². The van der Waals surface area contributed by atoms with Gasteiger partial charge in [-0.1, -0.05) is 97.3 Å². The van der Waals surface area contributed by atoms with E-state index in [0.29, 0.717) is 0 Å². The van der Waals surface area contributed by atoms with Crippen LogP contribution in [0.25, 0.3) is 42.4 Å². The number of aliphatic hydroxyl groups excluding tert-OH is 1. The summed E-state index contributed by atoms with van der Waals surface area (Å²) in [5, 5.41) is 14.5. The molecule has 2 aromatic carbocycles. The normalized spacial score (nSPS) is 12.6. The van der Waals surface area contributed by atoms with E-state index in [0.717, 1.165) is 58.7 Å². The smallest absolute Gasteiger partial charge is 0.162 e.